The molecule has 1 aliphatic rings. The zero-order valence-corrected chi connectivity index (χ0v) is 12.3. The molecule has 0 aliphatic carbocycles. The van der Waals surface area contributed by atoms with Gasteiger partial charge in [-0.3, -0.25) is 0 Å². The Hall–Kier alpha value is -0.131. The van der Waals surface area contributed by atoms with Gasteiger partial charge in [-0.05, 0) is 0 Å². The van der Waals surface area contributed by atoms with Crippen molar-refractivity contribution in [3.05, 3.63) is 23.9 Å². The third-order valence-corrected chi connectivity index (χ3v) is 7.61. The molecule has 0 N–H and O–H groups in total. The van der Waals surface area contributed by atoms with Crippen molar-refractivity contribution in [1.29, 1.82) is 0 Å². The van der Waals surface area contributed by atoms with Gasteiger partial charge in [0.05, 0.1) is 0 Å². The summed E-state index contributed by atoms with van der Waals surface area (Å²) in [6.07, 6.45) is 1.71. The van der Waals surface area contributed by atoms with Crippen LogP contribution in [0.25, 0.3) is 0 Å². The molecule has 1 aromatic rings. The number of aromatic nitrogens is 1. The van der Waals surface area contributed by atoms with Gasteiger partial charge in [0.15, 0.2) is 0 Å². The van der Waals surface area contributed by atoms with Gasteiger partial charge in [0.1, 0.15) is 0 Å². The van der Waals surface area contributed by atoms with E-state index in [0.717, 1.165) is 5.56 Å². The van der Waals surface area contributed by atoms with Gasteiger partial charge in [-0.25, -0.2) is 0 Å². The molecular formula is C11H17NO2Sn. The van der Waals surface area contributed by atoms with Crippen molar-refractivity contribution in [3.63, 3.8) is 0 Å². The molecule has 0 amide bonds. The summed E-state index contributed by atoms with van der Waals surface area (Å²) >= 11 is -2.06. The predicted molar refractivity (Wildman–Crippen MR) is 61.9 cm³/mol. The third kappa shape index (κ3) is 2.71. The van der Waals surface area contributed by atoms with Crippen LogP contribution in [-0.2, 0) is 9.47 Å². The van der Waals surface area contributed by atoms with Crippen molar-refractivity contribution in [3.8, 4) is 0 Å². The third-order valence-electron chi connectivity index (χ3n) is 2.45. The van der Waals surface area contributed by atoms with E-state index in [1.54, 1.807) is 0 Å². The van der Waals surface area contributed by atoms with E-state index in [1.165, 1.54) is 3.71 Å². The van der Waals surface area contributed by atoms with Crippen LogP contribution in [-0.4, -0.2) is 36.6 Å². The Bertz CT molecular complexity index is 343. The molecular weight excluding hydrogens is 297 g/mol. The molecule has 0 aromatic carbocycles. The molecule has 1 saturated heterocycles. The molecule has 82 valence electrons. The molecule has 0 unspecified atom stereocenters. The van der Waals surface area contributed by atoms with Gasteiger partial charge < -0.3 is 0 Å². The Kier molecular flexibility index (Phi) is 3.33. The molecule has 3 nitrogen and oxygen atoms in total. The fourth-order valence-electron chi connectivity index (χ4n) is 1.55. The first-order chi connectivity index (χ1) is 7.07. The van der Waals surface area contributed by atoms with E-state index >= 15 is 0 Å². The second-order valence-electron chi connectivity index (χ2n) is 4.80. The van der Waals surface area contributed by atoms with E-state index in [0.29, 0.717) is 13.2 Å². The van der Waals surface area contributed by atoms with Gasteiger partial charge in [-0.2, -0.15) is 0 Å². The topological polar surface area (TPSA) is 31.4 Å². The molecule has 2 heterocycles. The SMILES string of the molecule is [CH3][Sn]([CH3])([CH3])[c]1cc(C2OCCO2)ccn1. The summed E-state index contributed by atoms with van der Waals surface area (Å²) < 4.78 is 12.2. The average Bonchev–Trinajstić information content (AvgIpc) is 2.69. The zero-order valence-electron chi connectivity index (χ0n) is 9.49. The van der Waals surface area contributed by atoms with E-state index in [2.05, 4.69) is 25.9 Å². The van der Waals surface area contributed by atoms with Crippen LogP contribution >= 0.6 is 0 Å². The van der Waals surface area contributed by atoms with Crippen LogP contribution in [0.2, 0.25) is 14.8 Å². The zero-order chi connectivity index (χ0) is 10.9. The first-order valence-electron chi connectivity index (χ1n) is 5.27. The number of hydrogen-bond acceptors (Lipinski definition) is 3. The van der Waals surface area contributed by atoms with Gasteiger partial charge in [-0.15, -0.1) is 0 Å². The van der Waals surface area contributed by atoms with E-state index < -0.39 is 18.4 Å². The molecule has 0 radical (unpaired) electrons. The van der Waals surface area contributed by atoms with Gasteiger partial charge in [0.2, 0.25) is 0 Å². The first-order valence-corrected chi connectivity index (χ1v) is 15.3. The van der Waals surface area contributed by atoms with E-state index in [1.807, 2.05) is 12.3 Å². The summed E-state index contributed by atoms with van der Waals surface area (Å²) in [5, 5.41) is 0. The fraction of sp³-hybridized carbons (Fsp3) is 0.545. The quantitative estimate of drug-likeness (QED) is 0.778. The van der Waals surface area contributed by atoms with E-state index in [4.69, 9.17) is 9.47 Å². The molecule has 2 rings (SSSR count). The Morgan fingerprint density at radius 3 is 2.53 bits per heavy atom. The van der Waals surface area contributed by atoms with E-state index in [-0.39, 0.29) is 6.29 Å². The Labute approximate surface area is 94.7 Å². The minimum atomic E-state index is -2.06. The molecule has 0 saturated carbocycles. The fourth-order valence-corrected chi connectivity index (χ4v) is 4.58. The van der Waals surface area contributed by atoms with Crippen LogP contribution in [0, 0.1) is 0 Å². The summed E-state index contributed by atoms with van der Waals surface area (Å²) in [7, 11) is 0. The van der Waals surface area contributed by atoms with Crippen LogP contribution in [0.4, 0.5) is 0 Å². The number of nitrogens with zero attached hydrogens (tertiary/aromatic N) is 1. The molecule has 1 aliphatic heterocycles. The normalized spacial score (nSPS) is 18.3. The van der Waals surface area contributed by atoms with Crippen LogP contribution in [0.3, 0.4) is 0 Å². The monoisotopic (exact) mass is 315 g/mol. The molecule has 1 aromatic heterocycles. The van der Waals surface area contributed by atoms with Crippen molar-refractivity contribution in [1.82, 2.24) is 4.98 Å². The average molecular weight is 314 g/mol. The number of hydrogen-bond donors (Lipinski definition) is 0. The molecule has 15 heavy (non-hydrogen) atoms. The van der Waals surface area contributed by atoms with Crippen LogP contribution in [0.15, 0.2) is 18.3 Å². The predicted octanol–water partition coefficient (Wildman–Crippen LogP) is 1.67. The van der Waals surface area contributed by atoms with Crippen molar-refractivity contribution in [2.24, 2.45) is 0 Å². The van der Waals surface area contributed by atoms with Gasteiger partial charge in [0.25, 0.3) is 0 Å². The minimum absolute atomic E-state index is 0.166. The molecule has 1 fully saturated rings. The van der Waals surface area contributed by atoms with E-state index in [9.17, 15) is 0 Å². The molecule has 0 spiro atoms. The maximum absolute atomic E-state index is 5.48. The summed E-state index contributed by atoms with van der Waals surface area (Å²) in [4.78, 5) is 11.5. The summed E-state index contributed by atoms with van der Waals surface area (Å²) in [5.74, 6) is 0. The van der Waals surface area contributed by atoms with Crippen LogP contribution in [0.5, 0.6) is 0 Å². The van der Waals surface area contributed by atoms with Crippen molar-refractivity contribution in [2.45, 2.75) is 21.1 Å². The Balaban J connectivity index is 2.26. The summed E-state index contributed by atoms with van der Waals surface area (Å²) in [5.41, 5.74) is 1.11. The van der Waals surface area contributed by atoms with Crippen LogP contribution in [0.1, 0.15) is 11.9 Å². The van der Waals surface area contributed by atoms with Crippen molar-refractivity contribution < 1.29 is 9.47 Å². The van der Waals surface area contributed by atoms with Gasteiger partial charge in [-0.1, -0.05) is 0 Å². The Morgan fingerprint density at radius 1 is 1.27 bits per heavy atom. The Morgan fingerprint density at radius 2 is 1.93 bits per heavy atom. The molecule has 0 atom stereocenters. The second kappa shape index (κ2) is 4.39. The summed E-state index contributed by atoms with van der Waals surface area (Å²) in [6, 6.07) is 4.14. The number of rotatable bonds is 2. The van der Waals surface area contributed by atoms with Gasteiger partial charge in [0, 0.05) is 0 Å². The second-order valence-corrected chi connectivity index (χ2v) is 19.1. The van der Waals surface area contributed by atoms with Crippen molar-refractivity contribution in [2.75, 3.05) is 13.2 Å². The standard InChI is InChI=1S/C8H8NO2.3CH3.Sn/c1-3-9-4-2-7(1)8-10-5-6-11-8;;;;/h1-3,8H,5-6H2;3*1H3;. The van der Waals surface area contributed by atoms with Crippen LogP contribution < -0.4 is 3.71 Å². The van der Waals surface area contributed by atoms with Crippen molar-refractivity contribution >= 4 is 22.1 Å². The molecule has 0 bridgehead atoms. The maximum atomic E-state index is 5.48. The van der Waals surface area contributed by atoms with Gasteiger partial charge >= 0.3 is 94.8 Å². The summed E-state index contributed by atoms with van der Waals surface area (Å²) in [6.45, 7) is 1.39. The number of ether oxygens (including phenoxy) is 2. The first kappa shape index (κ1) is 11.4. The number of pyridine rings is 1. The molecule has 4 heteroatoms.